The topological polar surface area (TPSA) is 85.5 Å². The van der Waals surface area contributed by atoms with Gasteiger partial charge in [-0.25, -0.2) is 15.0 Å². The Labute approximate surface area is 344 Å². The van der Waals surface area contributed by atoms with E-state index in [9.17, 15) is 5.26 Å². The third-order valence-electron chi connectivity index (χ3n) is 11.1. The second kappa shape index (κ2) is 12.8. The summed E-state index contributed by atoms with van der Waals surface area (Å²) in [7, 11) is 0. The first-order chi connectivity index (χ1) is 31.3. The van der Waals surface area contributed by atoms with Crippen LogP contribution in [0.25, 0.3) is 111 Å². The highest BCUT2D eigenvalue weighted by Gasteiger charge is 2.23. The molecule has 0 atom stereocenters. The minimum Gasteiger partial charge on any atom is -0.456 e. The largest absolute Gasteiger partial charge is 0.456 e. The molecule has 0 radical (unpaired) electrons. The summed E-state index contributed by atoms with van der Waals surface area (Å²) in [5.74, 6) is 1.36. The van der Waals surface area contributed by atoms with Crippen molar-refractivity contribution >= 4 is 65.6 Å². The molecule has 0 amide bonds. The molecule has 0 saturated carbocycles. The van der Waals surface area contributed by atoms with Gasteiger partial charge < -0.3 is 13.6 Å². The Morgan fingerprint density at radius 3 is 1.90 bits per heavy atom. The van der Waals surface area contributed by atoms with E-state index in [0.717, 1.165) is 65.6 Å². The summed E-state index contributed by atoms with van der Waals surface area (Å²) < 4.78 is 53.2. The highest BCUT2D eigenvalue weighted by molar-refractivity contribution is 6.26. The molecule has 0 aliphatic carbocycles. The Balaban J connectivity index is 1.10. The zero-order chi connectivity index (χ0) is 43.4. The minimum absolute atomic E-state index is 0.0610. The number of fused-ring (bicyclic) bond motifs is 10. The molecule has 12 aromatic rings. The summed E-state index contributed by atoms with van der Waals surface area (Å²) >= 11 is 0. The zero-order valence-corrected chi connectivity index (χ0v) is 31.0. The van der Waals surface area contributed by atoms with Gasteiger partial charge in [0.25, 0.3) is 0 Å². The van der Waals surface area contributed by atoms with Gasteiger partial charge in [0.05, 0.1) is 40.2 Å². The van der Waals surface area contributed by atoms with E-state index in [1.54, 1.807) is 4.57 Å². The van der Waals surface area contributed by atoms with Gasteiger partial charge in [0.15, 0.2) is 17.5 Å². The van der Waals surface area contributed by atoms with Crippen molar-refractivity contribution in [1.29, 1.82) is 5.26 Å². The molecular formula is C52H30N6O. The van der Waals surface area contributed by atoms with Crippen LogP contribution in [0.1, 0.15) is 12.4 Å². The van der Waals surface area contributed by atoms with E-state index in [1.807, 2.05) is 146 Å². The Bertz CT molecular complexity index is 3970. The standard InChI is InChI=1S/C52H30N6O/c53-31-35-29-33(51-54-50(32-13-3-1-4-14-32)55-52(56-51)34-24-28-47-41(30-34)38-18-9-12-22-46(38)59-47)23-26-42(35)58-43-20-10-7-17-37(43)39-25-27-45-48(49(39)58)40-19-8-11-21-44(40)57(45)36-15-5-2-6-16-36/h1-30H/i2D,5D,6D,15D,16D. The molecule has 0 N–H and O–H groups in total. The van der Waals surface area contributed by atoms with Crippen molar-refractivity contribution in [3.05, 3.63) is 187 Å². The number of nitrogens with zero attached hydrogens (tertiary/aromatic N) is 6. The van der Waals surface area contributed by atoms with Crippen molar-refractivity contribution in [3.8, 4) is 51.6 Å². The third-order valence-corrected chi connectivity index (χ3v) is 11.1. The third kappa shape index (κ3) is 5.04. The van der Waals surface area contributed by atoms with Crippen LogP contribution in [0.15, 0.2) is 186 Å². The fourth-order valence-electron chi connectivity index (χ4n) is 8.53. The van der Waals surface area contributed by atoms with Crippen molar-refractivity contribution in [2.24, 2.45) is 0 Å². The van der Waals surface area contributed by atoms with Crippen LogP contribution in [0.2, 0.25) is 0 Å². The van der Waals surface area contributed by atoms with E-state index in [-0.39, 0.29) is 17.8 Å². The van der Waals surface area contributed by atoms with Gasteiger partial charge in [-0.2, -0.15) is 5.26 Å². The van der Waals surface area contributed by atoms with Crippen molar-refractivity contribution in [2.45, 2.75) is 0 Å². The van der Waals surface area contributed by atoms with Crippen molar-refractivity contribution in [2.75, 3.05) is 0 Å². The Hall–Kier alpha value is -8.34. The summed E-state index contributed by atoms with van der Waals surface area (Å²) in [6.45, 7) is 0. The van der Waals surface area contributed by atoms with Crippen LogP contribution in [-0.2, 0) is 0 Å². The van der Waals surface area contributed by atoms with Crippen LogP contribution < -0.4 is 0 Å². The summed E-state index contributed by atoms with van der Waals surface area (Å²) in [5, 5.41) is 16.5. The number of hydrogen-bond donors (Lipinski definition) is 0. The molecule has 7 nitrogen and oxygen atoms in total. The van der Waals surface area contributed by atoms with Crippen LogP contribution in [0.5, 0.6) is 0 Å². The van der Waals surface area contributed by atoms with Gasteiger partial charge >= 0.3 is 0 Å². The molecule has 8 aromatic carbocycles. The molecule has 7 heteroatoms. The molecule has 0 fully saturated rings. The van der Waals surface area contributed by atoms with E-state index in [0.29, 0.717) is 45.3 Å². The fraction of sp³-hybridized carbons (Fsp3) is 0. The lowest BCUT2D eigenvalue weighted by atomic mass is 10.1. The SMILES string of the molecule is [2H]c1c([2H])c([2H])c(-n2c3ccccc3c3c2ccc2c4ccccc4n(-c4ccc(-c5nc(-c6ccccc6)nc(-c6ccc7oc8ccccc8c7c6)n5)cc4C#N)c23)c([2H])c1[2H]. The quantitative estimate of drug-likeness (QED) is 0.174. The average Bonchev–Trinajstić information content (AvgIpc) is 4.00. The van der Waals surface area contributed by atoms with E-state index in [2.05, 4.69) is 16.7 Å². The Morgan fingerprint density at radius 2 is 1.12 bits per heavy atom. The highest BCUT2D eigenvalue weighted by Crippen LogP contribution is 2.43. The maximum Gasteiger partial charge on any atom is 0.164 e. The smallest absolute Gasteiger partial charge is 0.164 e. The van der Waals surface area contributed by atoms with Gasteiger partial charge in [0.2, 0.25) is 0 Å². The summed E-state index contributed by atoms with van der Waals surface area (Å²) in [6.07, 6.45) is 0. The molecule has 0 aliphatic rings. The minimum atomic E-state index is -0.455. The van der Waals surface area contributed by atoms with E-state index < -0.39 is 18.1 Å². The van der Waals surface area contributed by atoms with E-state index in [1.165, 1.54) is 0 Å². The molecule has 0 aliphatic heterocycles. The molecule has 12 rings (SSSR count). The Morgan fingerprint density at radius 1 is 0.492 bits per heavy atom. The lowest BCUT2D eigenvalue weighted by molar-refractivity contribution is 0.669. The Kier molecular flexibility index (Phi) is 6.12. The lowest BCUT2D eigenvalue weighted by Gasteiger charge is -2.13. The van der Waals surface area contributed by atoms with Crippen LogP contribution >= 0.6 is 0 Å². The molecule has 0 saturated heterocycles. The second-order valence-corrected chi connectivity index (χ2v) is 14.4. The number of aromatic nitrogens is 5. The highest BCUT2D eigenvalue weighted by atomic mass is 16.3. The first kappa shape index (κ1) is 28.1. The van der Waals surface area contributed by atoms with Gasteiger partial charge in [0, 0.05) is 54.7 Å². The predicted octanol–water partition coefficient (Wildman–Crippen LogP) is 12.8. The van der Waals surface area contributed by atoms with E-state index >= 15 is 0 Å². The molecule has 0 bridgehead atoms. The van der Waals surface area contributed by atoms with Gasteiger partial charge in [-0.05, 0) is 72.7 Å². The van der Waals surface area contributed by atoms with Crippen LogP contribution in [-0.4, -0.2) is 24.1 Å². The number of para-hydroxylation sites is 4. The van der Waals surface area contributed by atoms with Crippen molar-refractivity contribution in [3.63, 3.8) is 0 Å². The summed E-state index contributed by atoms with van der Waals surface area (Å²) in [6, 6.07) is 49.5. The molecule has 0 spiro atoms. The molecule has 4 aromatic heterocycles. The van der Waals surface area contributed by atoms with Crippen LogP contribution in [0.3, 0.4) is 0 Å². The van der Waals surface area contributed by atoms with Gasteiger partial charge in [-0.3, -0.25) is 0 Å². The average molecular weight is 760 g/mol. The summed E-state index contributed by atoms with van der Waals surface area (Å²) in [5.41, 5.74) is 7.85. The van der Waals surface area contributed by atoms with Crippen molar-refractivity contribution < 1.29 is 11.3 Å². The fourth-order valence-corrected chi connectivity index (χ4v) is 8.53. The normalized spacial score (nSPS) is 12.9. The lowest BCUT2D eigenvalue weighted by Crippen LogP contribution is -2.02. The number of nitriles is 1. The van der Waals surface area contributed by atoms with Gasteiger partial charge in [0.1, 0.15) is 17.2 Å². The zero-order valence-electron chi connectivity index (χ0n) is 36.0. The molecule has 4 heterocycles. The van der Waals surface area contributed by atoms with Crippen LogP contribution in [0.4, 0.5) is 0 Å². The molecule has 274 valence electrons. The van der Waals surface area contributed by atoms with Crippen LogP contribution in [0, 0.1) is 11.3 Å². The number of benzene rings is 8. The summed E-state index contributed by atoms with van der Waals surface area (Å²) in [4.78, 5) is 15.0. The van der Waals surface area contributed by atoms with Crippen molar-refractivity contribution in [1.82, 2.24) is 24.1 Å². The van der Waals surface area contributed by atoms with Gasteiger partial charge in [-0.1, -0.05) is 109 Å². The molecule has 59 heavy (non-hydrogen) atoms. The van der Waals surface area contributed by atoms with Gasteiger partial charge in [-0.15, -0.1) is 0 Å². The second-order valence-electron chi connectivity index (χ2n) is 14.4. The molecule has 0 unspecified atom stereocenters. The number of rotatable bonds is 5. The monoisotopic (exact) mass is 759 g/mol. The predicted molar refractivity (Wildman–Crippen MR) is 237 cm³/mol. The first-order valence-corrected chi connectivity index (χ1v) is 19.1. The first-order valence-electron chi connectivity index (χ1n) is 21.6. The van der Waals surface area contributed by atoms with E-state index in [4.69, 9.17) is 26.2 Å². The number of furan rings is 1. The maximum atomic E-state index is 11.0. The molecular weight excluding hydrogens is 725 g/mol. The number of hydrogen-bond acceptors (Lipinski definition) is 5. The maximum absolute atomic E-state index is 11.0.